The maximum absolute atomic E-state index is 12.3. The van der Waals surface area contributed by atoms with E-state index in [1.807, 2.05) is 30.5 Å². The molecule has 0 fully saturated rings. The minimum Gasteiger partial charge on any atom is -0.301 e. The average Bonchev–Trinajstić information content (AvgIpc) is 3.26. The van der Waals surface area contributed by atoms with Crippen LogP contribution in [0.4, 0.5) is 5.69 Å². The molecule has 0 unspecified atom stereocenters. The predicted molar refractivity (Wildman–Crippen MR) is 95.9 cm³/mol. The molecule has 6 heteroatoms. The average molecular weight is 337 g/mol. The van der Waals surface area contributed by atoms with Crippen LogP contribution in [0.3, 0.4) is 0 Å². The second-order valence-corrected chi connectivity index (χ2v) is 6.48. The zero-order valence-electron chi connectivity index (χ0n) is 13.5. The highest BCUT2D eigenvalue weighted by Gasteiger charge is 2.36. The first kappa shape index (κ1) is 14.8. The lowest BCUT2D eigenvalue weighted by molar-refractivity contribution is -0.572. The monoisotopic (exact) mass is 337 g/mol. The quantitative estimate of drug-likeness (QED) is 0.734. The lowest BCUT2D eigenvalue weighted by atomic mass is 10.1. The van der Waals surface area contributed by atoms with Gasteiger partial charge in [0.05, 0.1) is 11.0 Å². The van der Waals surface area contributed by atoms with E-state index in [0.717, 1.165) is 27.6 Å². The summed E-state index contributed by atoms with van der Waals surface area (Å²) in [6, 6.07) is 10.3. The van der Waals surface area contributed by atoms with Crippen molar-refractivity contribution in [3.63, 3.8) is 0 Å². The first-order valence-electron chi connectivity index (χ1n) is 7.84. The summed E-state index contributed by atoms with van der Waals surface area (Å²) in [7, 11) is 0. The number of aromatic amines is 1. The van der Waals surface area contributed by atoms with Gasteiger partial charge in [0.25, 0.3) is 10.6 Å². The van der Waals surface area contributed by atoms with E-state index in [9.17, 15) is 4.79 Å². The number of hydrogen-bond acceptors (Lipinski definition) is 3. The first-order valence-corrected chi connectivity index (χ1v) is 8.72. The summed E-state index contributed by atoms with van der Waals surface area (Å²) in [5.74, 6) is 0. The molecule has 0 atom stereocenters. The molecule has 0 bridgehead atoms. The number of nitrogens with zero attached hydrogens (tertiary/aromatic N) is 3. The van der Waals surface area contributed by atoms with E-state index in [0.29, 0.717) is 12.2 Å². The molecule has 120 valence electrons. The third-order valence-electron chi connectivity index (χ3n) is 4.18. The minimum absolute atomic E-state index is 0.0888. The van der Waals surface area contributed by atoms with Gasteiger partial charge in [0, 0.05) is 18.3 Å². The van der Waals surface area contributed by atoms with Gasteiger partial charge in [0.15, 0.2) is 11.9 Å². The number of nitrogens with one attached hydrogen (secondary N) is 1. The van der Waals surface area contributed by atoms with Crippen LogP contribution < -0.4 is 10.1 Å². The number of allylic oxidation sites excluding steroid dienone is 1. The Bertz CT molecular complexity index is 1020. The third kappa shape index (κ3) is 2.18. The first-order chi connectivity index (χ1) is 11.7. The number of rotatable bonds is 3. The van der Waals surface area contributed by atoms with E-state index >= 15 is 0 Å². The van der Waals surface area contributed by atoms with Crippen molar-refractivity contribution in [2.45, 2.75) is 20.4 Å². The molecular formula is C18H17N4OS+. The van der Waals surface area contributed by atoms with E-state index in [4.69, 9.17) is 0 Å². The molecule has 1 aliphatic rings. The van der Waals surface area contributed by atoms with Crippen molar-refractivity contribution in [1.82, 2.24) is 9.78 Å². The molecule has 3 heterocycles. The number of aliphatic imine (C=N–C) groups is 1. The molecule has 3 aromatic rings. The summed E-state index contributed by atoms with van der Waals surface area (Å²) in [5, 5.41) is 6.05. The van der Waals surface area contributed by atoms with Gasteiger partial charge in [-0.2, -0.15) is 0 Å². The standard InChI is InChI=1S/C18H16N4OS/c1-3-22-17(23)14(11-19-22)20-15-12(2)16(13-7-5-4-6-8-13)21-9-10-24-18(15)21/h4-11H,3H2,1-2H3/p+1. The molecule has 0 saturated carbocycles. The molecule has 0 aliphatic carbocycles. The SMILES string of the molecule is CCn1[nH]cc(N=C2C(C)=C(c3ccccc3)[n+]3ccsc32)c1=O. The molecule has 0 saturated heterocycles. The topological polar surface area (TPSA) is 54.0 Å². The van der Waals surface area contributed by atoms with Gasteiger partial charge in [-0.15, -0.1) is 4.57 Å². The van der Waals surface area contributed by atoms with E-state index in [-0.39, 0.29) is 5.56 Å². The fraction of sp³-hybridized carbons (Fsp3) is 0.167. The lowest BCUT2D eigenvalue weighted by Crippen LogP contribution is -2.31. The summed E-state index contributed by atoms with van der Waals surface area (Å²) >= 11 is 1.63. The number of aromatic nitrogens is 3. The smallest absolute Gasteiger partial charge is 0.294 e. The molecule has 4 rings (SSSR count). The Morgan fingerprint density at radius 3 is 2.79 bits per heavy atom. The number of thiazole rings is 1. The van der Waals surface area contributed by atoms with Crippen molar-refractivity contribution in [2.75, 3.05) is 0 Å². The lowest BCUT2D eigenvalue weighted by Gasteiger charge is -1.97. The molecular weight excluding hydrogens is 320 g/mol. The van der Waals surface area contributed by atoms with E-state index < -0.39 is 0 Å². The van der Waals surface area contributed by atoms with Crippen LogP contribution in [0.1, 0.15) is 24.4 Å². The number of hydrogen-bond donors (Lipinski definition) is 1. The third-order valence-corrected chi connectivity index (χ3v) is 5.05. The summed E-state index contributed by atoms with van der Waals surface area (Å²) in [6.45, 7) is 4.59. The zero-order chi connectivity index (χ0) is 16.7. The Balaban J connectivity index is 1.91. The number of benzene rings is 1. The zero-order valence-corrected chi connectivity index (χ0v) is 14.3. The van der Waals surface area contributed by atoms with Crippen molar-refractivity contribution in [2.24, 2.45) is 4.99 Å². The van der Waals surface area contributed by atoms with Crippen LogP contribution in [0.5, 0.6) is 0 Å². The van der Waals surface area contributed by atoms with E-state index in [1.165, 1.54) is 0 Å². The molecule has 1 aliphatic heterocycles. The van der Waals surface area contributed by atoms with Gasteiger partial charge in [-0.3, -0.25) is 9.48 Å². The van der Waals surface area contributed by atoms with E-state index in [2.05, 4.69) is 39.9 Å². The van der Waals surface area contributed by atoms with E-state index in [1.54, 1.807) is 22.2 Å². The minimum atomic E-state index is -0.0888. The van der Waals surface area contributed by atoms with Gasteiger partial charge < -0.3 is 5.10 Å². The van der Waals surface area contributed by atoms with Crippen molar-refractivity contribution in [3.05, 3.63) is 74.6 Å². The molecule has 0 radical (unpaired) electrons. The van der Waals surface area contributed by atoms with Gasteiger partial charge in [0.2, 0.25) is 5.70 Å². The van der Waals surface area contributed by atoms with Crippen molar-refractivity contribution in [1.29, 1.82) is 0 Å². The van der Waals surface area contributed by atoms with Crippen molar-refractivity contribution >= 4 is 28.4 Å². The molecule has 1 N–H and O–H groups in total. The Morgan fingerprint density at radius 2 is 2.08 bits per heavy atom. The molecule has 1 aromatic carbocycles. The van der Waals surface area contributed by atoms with Gasteiger partial charge in [-0.25, -0.2) is 4.99 Å². The Kier molecular flexibility index (Phi) is 3.54. The molecule has 0 amide bonds. The highest BCUT2D eigenvalue weighted by atomic mass is 32.1. The largest absolute Gasteiger partial charge is 0.301 e. The Labute approximate surface area is 143 Å². The Morgan fingerprint density at radius 1 is 1.29 bits per heavy atom. The van der Waals surface area contributed by atoms with Gasteiger partial charge in [-0.05, 0) is 26.0 Å². The van der Waals surface area contributed by atoms with Crippen molar-refractivity contribution < 1.29 is 4.57 Å². The summed E-state index contributed by atoms with van der Waals surface area (Å²) in [6.07, 6.45) is 3.72. The number of fused-ring (bicyclic) bond motifs is 1. The van der Waals surface area contributed by atoms with Crippen molar-refractivity contribution in [3.8, 4) is 0 Å². The van der Waals surface area contributed by atoms with Gasteiger partial charge >= 0.3 is 0 Å². The fourth-order valence-electron chi connectivity index (χ4n) is 3.00. The Hall–Kier alpha value is -2.73. The molecule has 2 aromatic heterocycles. The fourth-order valence-corrected chi connectivity index (χ4v) is 3.88. The molecule has 0 spiro atoms. The summed E-state index contributed by atoms with van der Waals surface area (Å²) < 4.78 is 3.70. The van der Waals surface area contributed by atoms with Crippen LogP contribution in [0.2, 0.25) is 0 Å². The summed E-state index contributed by atoms with van der Waals surface area (Å²) in [5.41, 5.74) is 4.57. The number of aryl methyl sites for hydroxylation is 1. The van der Waals surface area contributed by atoms with Gasteiger partial charge in [0.1, 0.15) is 5.69 Å². The van der Waals surface area contributed by atoms with Crippen LogP contribution in [0, 0.1) is 0 Å². The number of H-pyrrole nitrogens is 1. The predicted octanol–water partition coefficient (Wildman–Crippen LogP) is 2.96. The maximum Gasteiger partial charge on any atom is 0.294 e. The second-order valence-electron chi connectivity index (χ2n) is 5.59. The highest BCUT2D eigenvalue weighted by molar-refractivity contribution is 7.11. The van der Waals surface area contributed by atoms with Gasteiger partial charge in [-0.1, -0.05) is 29.5 Å². The van der Waals surface area contributed by atoms with Crippen LogP contribution in [-0.4, -0.2) is 15.5 Å². The van der Waals surface area contributed by atoms with Crippen LogP contribution in [0.15, 0.2) is 63.5 Å². The highest BCUT2D eigenvalue weighted by Crippen LogP contribution is 2.28. The van der Waals surface area contributed by atoms with Crippen LogP contribution in [-0.2, 0) is 6.54 Å². The second kappa shape index (κ2) is 5.72. The van der Waals surface area contributed by atoms with Crippen LogP contribution in [0.25, 0.3) is 5.70 Å². The summed E-state index contributed by atoms with van der Waals surface area (Å²) in [4.78, 5) is 17.0. The molecule has 24 heavy (non-hydrogen) atoms. The normalized spacial score (nSPS) is 15.3. The maximum atomic E-state index is 12.3. The van der Waals surface area contributed by atoms with Crippen LogP contribution >= 0.6 is 11.3 Å². The molecule has 5 nitrogen and oxygen atoms in total.